The average molecular weight is 334 g/mol. The summed E-state index contributed by atoms with van der Waals surface area (Å²) < 4.78 is 6.81. The van der Waals surface area contributed by atoms with Crippen molar-refractivity contribution in [1.82, 2.24) is 29.7 Å². The summed E-state index contributed by atoms with van der Waals surface area (Å²) >= 11 is 0. The summed E-state index contributed by atoms with van der Waals surface area (Å²) in [5.74, 6) is 1.35. The Balaban J connectivity index is 1.48. The van der Waals surface area contributed by atoms with E-state index in [-0.39, 0.29) is 0 Å². The Morgan fingerprint density at radius 1 is 1.50 bits per heavy atom. The van der Waals surface area contributed by atoms with Crippen molar-refractivity contribution < 1.29 is 9.63 Å². The number of likely N-dealkylation sites (N-methyl/N-ethyl adjacent to an activating group) is 1. The van der Waals surface area contributed by atoms with Crippen molar-refractivity contribution in [3.63, 3.8) is 0 Å². The number of likely N-dealkylation sites (tertiary alicyclic amines) is 1. The normalized spacial score (nSPS) is 20.6. The van der Waals surface area contributed by atoms with Gasteiger partial charge in [0.15, 0.2) is 5.82 Å². The lowest BCUT2D eigenvalue weighted by Gasteiger charge is -2.37. The van der Waals surface area contributed by atoms with Gasteiger partial charge in [-0.3, -0.25) is 14.5 Å². The molecule has 0 unspecified atom stereocenters. The molecule has 0 saturated carbocycles. The van der Waals surface area contributed by atoms with Gasteiger partial charge in [0.05, 0.1) is 19.2 Å². The molecular formula is C16H26N6O2. The zero-order chi connectivity index (χ0) is 16.9. The largest absolute Gasteiger partial charge is 0.390 e. The molecular weight excluding hydrogens is 308 g/mol. The van der Waals surface area contributed by atoms with E-state index in [0.717, 1.165) is 38.3 Å². The molecule has 132 valence electrons. The molecule has 3 heterocycles. The zero-order valence-electron chi connectivity index (χ0n) is 14.4. The third-order valence-electron chi connectivity index (χ3n) is 4.49. The SMILES string of the molecule is Cc1nc(CN2CCC[C@@H](N(C)C[C@H](O)Cn3cccn3)C2)no1. The van der Waals surface area contributed by atoms with Crippen molar-refractivity contribution in [2.75, 3.05) is 26.7 Å². The average Bonchev–Trinajstić information content (AvgIpc) is 3.19. The molecule has 0 aromatic carbocycles. The molecule has 8 heteroatoms. The highest BCUT2D eigenvalue weighted by Crippen LogP contribution is 2.17. The van der Waals surface area contributed by atoms with Gasteiger partial charge in [-0.2, -0.15) is 10.1 Å². The number of aromatic nitrogens is 4. The van der Waals surface area contributed by atoms with E-state index in [1.54, 1.807) is 10.9 Å². The number of aliphatic hydroxyl groups excluding tert-OH is 1. The maximum absolute atomic E-state index is 10.3. The summed E-state index contributed by atoms with van der Waals surface area (Å²) in [6.45, 7) is 5.70. The molecule has 2 atom stereocenters. The lowest BCUT2D eigenvalue weighted by molar-refractivity contribution is 0.0556. The molecule has 3 rings (SSSR count). The standard InChI is InChI=1S/C16H26N6O2/c1-13-18-16(19-24-13)12-21-7-3-5-14(9-21)20(2)10-15(23)11-22-8-4-6-17-22/h4,6,8,14-15,23H,3,5,7,9-12H2,1-2H3/t14-,15+/m1/s1. The Kier molecular flexibility index (Phi) is 5.60. The van der Waals surface area contributed by atoms with Crippen LogP contribution < -0.4 is 0 Å². The zero-order valence-corrected chi connectivity index (χ0v) is 14.4. The van der Waals surface area contributed by atoms with E-state index in [1.165, 1.54) is 0 Å². The van der Waals surface area contributed by atoms with Crippen LogP contribution in [-0.4, -0.2) is 73.7 Å². The monoisotopic (exact) mass is 334 g/mol. The van der Waals surface area contributed by atoms with Crippen LogP contribution >= 0.6 is 0 Å². The predicted molar refractivity (Wildman–Crippen MR) is 88.2 cm³/mol. The number of piperidine rings is 1. The molecule has 1 aliphatic rings. The quantitative estimate of drug-likeness (QED) is 0.791. The molecule has 0 spiro atoms. The molecule has 8 nitrogen and oxygen atoms in total. The molecule has 1 saturated heterocycles. The Morgan fingerprint density at radius 3 is 3.08 bits per heavy atom. The van der Waals surface area contributed by atoms with Gasteiger partial charge >= 0.3 is 0 Å². The van der Waals surface area contributed by atoms with Crippen LogP contribution in [0.15, 0.2) is 23.0 Å². The third-order valence-corrected chi connectivity index (χ3v) is 4.49. The maximum Gasteiger partial charge on any atom is 0.223 e. The Hall–Kier alpha value is -1.77. The molecule has 1 fully saturated rings. The lowest BCUT2D eigenvalue weighted by Crippen LogP contribution is -2.48. The van der Waals surface area contributed by atoms with E-state index in [4.69, 9.17) is 4.52 Å². The topological polar surface area (TPSA) is 83.5 Å². The van der Waals surface area contributed by atoms with Crippen molar-refractivity contribution in [1.29, 1.82) is 0 Å². The second kappa shape index (κ2) is 7.87. The first-order valence-corrected chi connectivity index (χ1v) is 8.47. The van der Waals surface area contributed by atoms with Crippen molar-refractivity contribution >= 4 is 0 Å². The molecule has 1 aliphatic heterocycles. The molecule has 2 aromatic rings. The van der Waals surface area contributed by atoms with E-state index in [1.807, 2.05) is 19.2 Å². The minimum absolute atomic E-state index is 0.426. The van der Waals surface area contributed by atoms with Crippen LogP contribution in [0, 0.1) is 6.92 Å². The van der Waals surface area contributed by atoms with Crippen LogP contribution in [0.5, 0.6) is 0 Å². The highest BCUT2D eigenvalue weighted by Gasteiger charge is 2.25. The summed E-state index contributed by atoms with van der Waals surface area (Å²) in [5.41, 5.74) is 0. The second-order valence-corrected chi connectivity index (χ2v) is 6.58. The fourth-order valence-corrected chi connectivity index (χ4v) is 3.30. The minimum Gasteiger partial charge on any atom is -0.390 e. The summed E-state index contributed by atoms with van der Waals surface area (Å²) in [5, 5.41) is 18.4. The molecule has 0 radical (unpaired) electrons. The number of rotatable bonds is 7. The molecule has 1 N–H and O–H groups in total. The Morgan fingerprint density at radius 2 is 2.38 bits per heavy atom. The number of aryl methyl sites for hydroxylation is 1. The first-order valence-electron chi connectivity index (χ1n) is 8.47. The van der Waals surface area contributed by atoms with E-state index >= 15 is 0 Å². The van der Waals surface area contributed by atoms with Gasteiger partial charge in [-0.05, 0) is 32.5 Å². The fraction of sp³-hybridized carbons (Fsp3) is 0.688. The first kappa shape index (κ1) is 17.1. The molecule has 0 bridgehead atoms. The molecule has 24 heavy (non-hydrogen) atoms. The van der Waals surface area contributed by atoms with Crippen LogP contribution in [0.25, 0.3) is 0 Å². The van der Waals surface area contributed by atoms with Gasteiger partial charge in [0.25, 0.3) is 0 Å². The summed E-state index contributed by atoms with van der Waals surface area (Å²) in [7, 11) is 2.08. The third kappa shape index (κ3) is 4.62. The van der Waals surface area contributed by atoms with Crippen LogP contribution in [-0.2, 0) is 13.1 Å². The van der Waals surface area contributed by atoms with Crippen LogP contribution in [0.1, 0.15) is 24.6 Å². The summed E-state index contributed by atoms with van der Waals surface area (Å²) in [4.78, 5) is 8.89. The summed E-state index contributed by atoms with van der Waals surface area (Å²) in [6.07, 6.45) is 5.46. The van der Waals surface area contributed by atoms with Crippen molar-refractivity contribution in [2.45, 2.75) is 45.0 Å². The van der Waals surface area contributed by atoms with Gasteiger partial charge in [-0.15, -0.1) is 0 Å². The highest BCUT2D eigenvalue weighted by molar-refractivity contribution is 4.87. The van der Waals surface area contributed by atoms with Crippen molar-refractivity contribution in [3.8, 4) is 0 Å². The fourth-order valence-electron chi connectivity index (χ4n) is 3.30. The Labute approximate surface area is 142 Å². The van der Waals surface area contributed by atoms with Gasteiger partial charge in [0.2, 0.25) is 5.89 Å². The smallest absolute Gasteiger partial charge is 0.223 e. The molecule has 0 amide bonds. The minimum atomic E-state index is -0.426. The van der Waals surface area contributed by atoms with Crippen LogP contribution in [0.3, 0.4) is 0 Å². The predicted octanol–water partition coefficient (Wildman–Crippen LogP) is 0.532. The number of aliphatic hydroxyl groups is 1. The van der Waals surface area contributed by atoms with E-state index < -0.39 is 6.10 Å². The van der Waals surface area contributed by atoms with Gasteiger partial charge < -0.3 is 9.63 Å². The lowest BCUT2D eigenvalue weighted by atomic mass is 10.0. The Bertz CT molecular complexity index is 614. The number of hydrogen-bond acceptors (Lipinski definition) is 7. The molecule has 2 aromatic heterocycles. The van der Waals surface area contributed by atoms with Gasteiger partial charge in [0, 0.05) is 38.4 Å². The second-order valence-electron chi connectivity index (χ2n) is 6.58. The highest BCUT2D eigenvalue weighted by atomic mass is 16.5. The van der Waals surface area contributed by atoms with E-state index in [2.05, 4.69) is 32.1 Å². The van der Waals surface area contributed by atoms with Crippen molar-refractivity contribution in [2.24, 2.45) is 0 Å². The first-order chi connectivity index (χ1) is 11.6. The van der Waals surface area contributed by atoms with Gasteiger partial charge in [-0.1, -0.05) is 5.16 Å². The van der Waals surface area contributed by atoms with Crippen LogP contribution in [0.2, 0.25) is 0 Å². The number of nitrogens with zero attached hydrogens (tertiary/aromatic N) is 6. The van der Waals surface area contributed by atoms with E-state index in [9.17, 15) is 5.11 Å². The summed E-state index contributed by atoms with van der Waals surface area (Å²) in [6, 6.07) is 2.30. The van der Waals surface area contributed by atoms with Gasteiger partial charge in [-0.25, -0.2) is 0 Å². The van der Waals surface area contributed by atoms with Crippen LogP contribution in [0.4, 0.5) is 0 Å². The van der Waals surface area contributed by atoms with E-state index in [0.29, 0.717) is 25.0 Å². The molecule has 0 aliphatic carbocycles. The number of hydrogen-bond donors (Lipinski definition) is 1. The maximum atomic E-state index is 10.3. The van der Waals surface area contributed by atoms with Gasteiger partial charge in [0.1, 0.15) is 0 Å². The van der Waals surface area contributed by atoms with Crippen molar-refractivity contribution in [3.05, 3.63) is 30.2 Å².